The molecule has 0 unspecified atom stereocenters. The highest BCUT2D eigenvalue weighted by molar-refractivity contribution is 5.77. The Labute approximate surface area is 172 Å². The Morgan fingerprint density at radius 1 is 1.03 bits per heavy atom. The van der Waals surface area contributed by atoms with E-state index in [1.807, 2.05) is 11.0 Å². The van der Waals surface area contributed by atoms with Crippen molar-refractivity contribution >= 4 is 5.91 Å². The number of carbonyl (C=O) groups is 1. The molecule has 1 aliphatic carbocycles. The fraction of sp³-hybridized carbons (Fsp3) is 0.542. The lowest BCUT2D eigenvalue weighted by Crippen LogP contribution is -2.42. The van der Waals surface area contributed by atoms with Crippen LogP contribution in [0.3, 0.4) is 0 Å². The number of amides is 1. The Hall–Kier alpha value is -2.11. The summed E-state index contributed by atoms with van der Waals surface area (Å²) in [5.74, 6) is 1.68. The molecule has 0 bridgehead atoms. The maximum absolute atomic E-state index is 12.9. The van der Waals surface area contributed by atoms with E-state index in [1.165, 1.54) is 11.1 Å². The van der Waals surface area contributed by atoms with Crippen LogP contribution in [0.1, 0.15) is 48.5 Å². The first-order chi connectivity index (χ1) is 14.2. The average molecular weight is 395 g/mol. The Bertz CT molecular complexity index is 834. The second kappa shape index (κ2) is 7.96. The van der Waals surface area contributed by atoms with Crippen molar-refractivity contribution in [1.29, 1.82) is 0 Å². The van der Waals surface area contributed by atoms with Crippen LogP contribution >= 0.6 is 0 Å². The zero-order valence-electron chi connectivity index (χ0n) is 17.0. The van der Waals surface area contributed by atoms with Crippen LogP contribution in [0.15, 0.2) is 47.1 Å². The molecule has 0 N–H and O–H groups in total. The fourth-order valence-corrected chi connectivity index (χ4v) is 5.60. The topological polar surface area (TPSA) is 45.9 Å². The second-order valence-corrected chi connectivity index (χ2v) is 8.82. The molecule has 0 saturated carbocycles. The minimum atomic E-state index is 0.228. The predicted octanol–water partition coefficient (Wildman–Crippen LogP) is 3.55. The zero-order chi connectivity index (χ0) is 19.7. The Morgan fingerprint density at radius 3 is 2.59 bits per heavy atom. The number of furan rings is 1. The monoisotopic (exact) mass is 394 g/mol. The average Bonchev–Trinajstić information content (AvgIpc) is 3.38. The lowest BCUT2D eigenvalue weighted by atomic mass is 9.73. The van der Waals surface area contributed by atoms with Gasteiger partial charge in [0.05, 0.1) is 26.0 Å². The van der Waals surface area contributed by atoms with Crippen LogP contribution in [-0.4, -0.2) is 55.1 Å². The van der Waals surface area contributed by atoms with E-state index in [1.54, 1.807) is 6.26 Å². The number of rotatable bonds is 4. The van der Waals surface area contributed by atoms with E-state index in [9.17, 15) is 4.79 Å². The van der Waals surface area contributed by atoms with Crippen molar-refractivity contribution in [2.75, 3.05) is 39.4 Å². The summed E-state index contributed by atoms with van der Waals surface area (Å²) in [7, 11) is 0. The highest BCUT2D eigenvalue weighted by atomic mass is 16.5. The lowest BCUT2D eigenvalue weighted by Gasteiger charge is -2.40. The van der Waals surface area contributed by atoms with E-state index in [0.717, 1.165) is 57.7 Å². The first-order valence-corrected chi connectivity index (χ1v) is 10.9. The highest BCUT2D eigenvalue weighted by Crippen LogP contribution is 2.52. The summed E-state index contributed by atoms with van der Waals surface area (Å²) in [6.07, 6.45) is 5.82. The van der Waals surface area contributed by atoms with E-state index in [2.05, 4.69) is 35.2 Å². The maximum atomic E-state index is 12.9. The molecule has 1 spiro atoms. The minimum absolute atomic E-state index is 0.228. The van der Waals surface area contributed by atoms with Crippen molar-refractivity contribution in [3.8, 4) is 0 Å². The van der Waals surface area contributed by atoms with Gasteiger partial charge in [-0.2, -0.15) is 0 Å². The predicted molar refractivity (Wildman–Crippen MR) is 111 cm³/mol. The van der Waals surface area contributed by atoms with Gasteiger partial charge in [-0.25, -0.2) is 0 Å². The molecule has 3 aliphatic rings. The maximum Gasteiger partial charge on any atom is 0.223 e. The molecule has 154 valence electrons. The van der Waals surface area contributed by atoms with Crippen LogP contribution in [0.5, 0.6) is 0 Å². The number of benzene rings is 1. The smallest absolute Gasteiger partial charge is 0.223 e. The van der Waals surface area contributed by atoms with Crippen molar-refractivity contribution in [2.24, 2.45) is 0 Å². The van der Waals surface area contributed by atoms with Gasteiger partial charge in [0.15, 0.2) is 0 Å². The number of ether oxygens (including phenoxy) is 1. The summed E-state index contributed by atoms with van der Waals surface area (Å²) in [4.78, 5) is 17.4. The number of carbonyl (C=O) groups excluding carboxylic acids is 1. The summed E-state index contributed by atoms with van der Waals surface area (Å²) >= 11 is 0. The lowest BCUT2D eigenvalue weighted by molar-refractivity contribution is -0.135. The molecule has 1 atom stereocenters. The van der Waals surface area contributed by atoms with E-state index in [0.29, 0.717) is 31.5 Å². The molecule has 2 aromatic rings. The van der Waals surface area contributed by atoms with Crippen LogP contribution in [0.25, 0.3) is 0 Å². The number of nitrogens with zero attached hydrogens (tertiary/aromatic N) is 2. The van der Waals surface area contributed by atoms with E-state index < -0.39 is 0 Å². The molecule has 5 rings (SSSR count). The SMILES string of the molecule is O=C(C[C@H]1CC2(CCN(Cc3ccco3)CC2)c2ccccc21)N1CCOCC1. The van der Waals surface area contributed by atoms with Gasteiger partial charge in [-0.1, -0.05) is 24.3 Å². The van der Waals surface area contributed by atoms with E-state index >= 15 is 0 Å². The molecule has 29 heavy (non-hydrogen) atoms. The van der Waals surface area contributed by atoms with Crippen LogP contribution < -0.4 is 0 Å². The van der Waals surface area contributed by atoms with Crippen molar-refractivity contribution in [3.63, 3.8) is 0 Å². The van der Waals surface area contributed by atoms with Crippen molar-refractivity contribution in [1.82, 2.24) is 9.80 Å². The minimum Gasteiger partial charge on any atom is -0.468 e. The third kappa shape index (κ3) is 3.74. The summed E-state index contributed by atoms with van der Waals surface area (Å²) in [5.41, 5.74) is 3.14. The largest absolute Gasteiger partial charge is 0.468 e. The van der Waals surface area contributed by atoms with Gasteiger partial charge in [-0.15, -0.1) is 0 Å². The number of piperidine rings is 1. The number of likely N-dealkylation sites (tertiary alicyclic amines) is 1. The van der Waals surface area contributed by atoms with Crippen LogP contribution in [-0.2, 0) is 21.5 Å². The fourth-order valence-electron chi connectivity index (χ4n) is 5.60. The number of fused-ring (bicyclic) bond motifs is 2. The first-order valence-electron chi connectivity index (χ1n) is 10.9. The van der Waals surface area contributed by atoms with Crippen LogP contribution in [0.2, 0.25) is 0 Å². The molecule has 0 radical (unpaired) electrons. The zero-order valence-corrected chi connectivity index (χ0v) is 17.0. The molecular weight excluding hydrogens is 364 g/mol. The van der Waals surface area contributed by atoms with E-state index in [4.69, 9.17) is 9.15 Å². The van der Waals surface area contributed by atoms with Crippen molar-refractivity contribution in [3.05, 3.63) is 59.5 Å². The number of hydrogen-bond acceptors (Lipinski definition) is 4. The van der Waals surface area contributed by atoms with Crippen molar-refractivity contribution in [2.45, 2.75) is 43.6 Å². The molecule has 3 heterocycles. The van der Waals surface area contributed by atoms with E-state index in [-0.39, 0.29) is 5.41 Å². The van der Waals surface area contributed by atoms with Gasteiger partial charge >= 0.3 is 0 Å². The Balaban J connectivity index is 1.28. The standard InChI is InChI=1S/C24H30N2O3/c27-23(26-11-14-28-15-12-26)16-19-17-24(22-6-2-1-5-21(19)22)7-9-25(10-8-24)18-20-4-3-13-29-20/h1-6,13,19H,7-12,14-18H2/t19-/m0/s1. The van der Waals surface area contributed by atoms with Gasteiger partial charge in [-0.3, -0.25) is 9.69 Å². The van der Waals surface area contributed by atoms with Crippen molar-refractivity contribution < 1.29 is 13.9 Å². The molecule has 2 saturated heterocycles. The number of hydrogen-bond donors (Lipinski definition) is 0. The first kappa shape index (κ1) is 18.9. The van der Waals surface area contributed by atoms with Gasteiger partial charge in [0.2, 0.25) is 5.91 Å². The molecule has 2 fully saturated rings. The third-order valence-electron chi connectivity index (χ3n) is 7.17. The summed E-state index contributed by atoms with van der Waals surface area (Å²) < 4.78 is 10.9. The molecule has 5 heteroatoms. The van der Waals surface area contributed by atoms with Gasteiger partial charge < -0.3 is 14.1 Å². The third-order valence-corrected chi connectivity index (χ3v) is 7.17. The molecule has 2 aliphatic heterocycles. The second-order valence-electron chi connectivity index (χ2n) is 8.82. The molecule has 5 nitrogen and oxygen atoms in total. The molecule has 1 aromatic carbocycles. The Kier molecular flexibility index (Phi) is 5.18. The summed E-state index contributed by atoms with van der Waals surface area (Å²) in [6.45, 7) is 5.87. The van der Waals surface area contributed by atoms with Crippen LogP contribution in [0, 0.1) is 0 Å². The number of morpholine rings is 1. The summed E-state index contributed by atoms with van der Waals surface area (Å²) in [6, 6.07) is 12.9. The quantitative estimate of drug-likeness (QED) is 0.796. The van der Waals surface area contributed by atoms with Gasteiger partial charge in [0.25, 0.3) is 0 Å². The molecular formula is C24H30N2O3. The normalized spacial score (nSPS) is 24.0. The van der Waals surface area contributed by atoms with Crippen LogP contribution in [0.4, 0.5) is 0 Å². The van der Waals surface area contributed by atoms with Gasteiger partial charge in [-0.05, 0) is 66.9 Å². The molecule has 1 amide bonds. The molecule has 1 aromatic heterocycles. The van der Waals surface area contributed by atoms with Gasteiger partial charge in [0.1, 0.15) is 5.76 Å². The highest BCUT2D eigenvalue weighted by Gasteiger charge is 2.45. The Morgan fingerprint density at radius 2 is 1.83 bits per heavy atom. The van der Waals surface area contributed by atoms with Gasteiger partial charge in [0, 0.05) is 19.5 Å². The summed E-state index contributed by atoms with van der Waals surface area (Å²) in [5, 5.41) is 0.